The summed E-state index contributed by atoms with van der Waals surface area (Å²) in [7, 11) is -1.20. The molecule has 1 aliphatic carbocycles. The third kappa shape index (κ3) is 4.93. The average molecular weight is 289 g/mol. The second kappa shape index (κ2) is 7.03. The SMILES string of the molecule is CC(=O)NC(CS(=O)C1CCC(C)C(C)C1)C(=O)O. The van der Waals surface area contributed by atoms with E-state index >= 15 is 0 Å². The van der Waals surface area contributed by atoms with E-state index in [1.807, 2.05) is 0 Å². The minimum atomic E-state index is -1.20. The van der Waals surface area contributed by atoms with Gasteiger partial charge in [0.25, 0.3) is 0 Å². The van der Waals surface area contributed by atoms with Crippen LogP contribution in [0.5, 0.6) is 0 Å². The molecular formula is C13H23NO4S. The van der Waals surface area contributed by atoms with Crippen molar-refractivity contribution in [1.82, 2.24) is 5.32 Å². The molecule has 1 rings (SSSR count). The van der Waals surface area contributed by atoms with E-state index in [0.717, 1.165) is 19.3 Å². The lowest BCUT2D eigenvalue weighted by Gasteiger charge is -2.32. The lowest BCUT2D eigenvalue weighted by Crippen LogP contribution is -2.45. The van der Waals surface area contributed by atoms with Gasteiger partial charge in [0.05, 0.1) is 5.75 Å². The number of nitrogens with one attached hydrogen (secondary N) is 1. The monoisotopic (exact) mass is 289 g/mol. The van der Waals surface area contributed by atoms with E-state index < -0.39 is 28.7 Å². The van der Waals surface area contributed by atoms with Gasteiger partial charge in [-0.3, -0.25) is 9.00 Å². The molecule has 1 fully saturated rings. The minimum absolute atomic E-state index is 0.000676. The van der Waals surface area contributed by atoms with E-state index in [1.54, 1.807) is 0 Å². The highest BCUT2D eigenvalue weighted by atomic mass is 32.2. The second-order valence-corrected chi connectivity index (χ2v) is 7.29. The van der Waals surface area contributed by atoms with Crippen LogP contribution in [0.4, 0.5) is 0 Å². The molecule has 0 saturated heterocycles. The first-order valence-corrected chi connectivity index (χ1v) is 8.06. The molecule has 5 nitrogen and oxygen atoms in total. The zero-order valence-electron chi connectivity index (χ0n) is 11.7. The fourth-order valence-corrected chi connectivity index (χ4v) is 4.20. The van der Waals surface area contributed by atoms with Gasteiger partial charge in [0.2, 0.25) is 5.91 Å². The highest BCUT2D eigenvalue weighted by Crippen LogP contribution is 2.32. The molecule has 1 aliphatic rings. The van der Waals surface area contributed by atoms with E-state index in [1.165, 1.54) is 6.92 Å². The molecule has 0 heterocycles. The first kappa shape index (κ1) is 16.1. The topological polar surface area (TPSA) is 83.5 Å². The molecule has 5 unspecified atom stereocenters. The summed E-state index contributed by atoms with van der Waals surface area (Å²) < 4.78 is 12.2. The molecule has 0 bridgehead atoms. The number of amides is 1. The van der Waals surface area contributed by atoms with Crippen LogP contribution >= 0.6 is 0 Å². The van der Waals surface area contributed by atoms with Crippen molar-refractivity contribution in [3.8, 4) is 0 Å². The molecule has 2 N–H and O–H groups in total. The number of carboxylic acids is 1. The van der Waals surface area contributed by atoms with Crippen LogP contribution in [0.3, 0.4) is 0 Å². The smallest absolute Gasteiger partial charge is 0.327 e. The van der Waals surface area contributed by atoms with Gasteiger partial charge in [-0.25, -0.2) is 4.79 Å². The molecule has 110 valence electrons. The van der Waals surface area contributed by atoms with Gasteiger partial charge in [-0.15, -0.1) is 0 Å². The van der Waals surface area contributed by atoms with Gasteiger partial charge in [-0.2, -0.15) is 0 Å². The molecule has 0 aromatic rings. The Labute approximate surface area is 116 Å². The third-order valence-corrected chi connectivity index (χ3v) is 5.76. The summed E-state index contributed by atoms with van der Waals surface area (Å²) in [4.78, 5) is 22.0. The summed E-state index contributed by atoms with van der Waals surface area (Å²) in [6.45, 7) is 5.61. The molecule has 19 heavy (non-hydrogen) atoms. The van der Waals surface area contributed by atoms with Crippen molar-refractivity contribution in [1.29, 1.82) is 0 Å². The van der Waals surface area contributed by atoms with Crippen molar-refractivity contribution in [2.45, 2.75) is 51.3 Å². The summed E-state index contributed by atoms with van der Waals surface area (Å²) in [6, 6.07) is -1.05. The number of carbonyl (C=O) groups excluding carboxylic acids is 1. The normalized spacial score (nSPS) is 30.4. The Balaban J connectivity index is 2.57. The highest BCUT2D eigenvalue weighted by molar-refractivity contribution is 7.85. The van der Waals surface area contributed by atoms with E-state index in [0.29, 0.717) is 11.8 Å². The number of carbonyl (C=O) groups is 2. The van der Waals surface area contributed by atoms with Gasteiger partial charge in [-0.05, 0) is 31.1 Å². The van der Waals surface area contributed by atoms with Crippen molar-refractivity contribution in [3.05, 3.63) is 0 Å². The Kier molecular flexibility index (Phi) is 5.97. The number of aliphatic carboxylic acids is 1. The Hall–Kier alpha value is -0.910. The quantitative estimate of drug-likeness (QED) is 0.795. The largest absolute Gasteiger partial charge is 0.480 e. The van der Waals surface area contributed by atoms with Gasteiger partial charge in [0.1, 0.15) is 6.04 Å². The zero-order chi connectivity index (χ0) is 14.6. The molecule has 0 radical (unpaired) electrons. The highest BCUT2D eigenvalue weighted by Gasteiger charge is 2.31. The van der Waals surface area contributed by atoms with E-state index in [9.17, 15) is 13.8 Å². The van der Waals surface area contributed by atoms with E-state index in [4.69, 9.17) is 5.11 Å². The minimum Gasteiger partial charge on any atom is -0.480 e. The van der Waals surface area contributed by atoms with Gasteiger partial charge in [-0.1, -0.05) is 13.8 Å². The van der Waals surface area contributed by atoms with Crippen LogP contribution in [-0.4, -0.2) is 38.2 Å². The zero-order valence-corrected chi connectivity index (χ0v) is 12.5. The van der Waals surface area contributed by atoms with Gasteiger partial charge in [0, 0.05) is 23.0 Å². The lowest BCUT2D eigenvalue weighted by atomic mass is 9.81. The molecule has 6 heteroatoms. The summed E-state index contributed by atoms with van der Waals surface area (Å²) in [5.74, 6) is -0.373. The number of carboxylic acid groups (broad SMARTS) is 1. The van der Waals surface area contributed by atoms with Gasteiger partial charge in [0.15, 0.2) is 0 Å². The van der Waals surface area contributed by atoms with Crippen LogP contribution in [0.2, 0.25) is 0 Å². The summed E-state index contributed by atoms with van der Waals surface area (Å²) in [6.07, 6.45) is 2.79. The predicted molar refractivity (Wildman–Crippen MR) is 74.2 cm³/mol. The molecule has 0 aromatic heterocycles. The van der Waals surface area contributed by atoms with Crippen LogP contribution in [-0.2, 0) is 20.4 Å². The lowest BCUT2D eigenvalue weighted by molar-refractivity contribution is -0.140. The summed E-state index contributed by atoms with van der Waals surface area (Å²) in [5.41, 5.74) is 0. The van der Waals surface area contributed by atoms with Crippen LogP contribution in [0, 0.1) is 11.8 Å². The van der Waals surface area contributed by atoms with Crippen molar-refractivity contribution < 1.29 is 18.9 Å². The second-order valence-electron chi connectivity index (χ2n) is 5.53. The Morgan fingerprint density at radius 3 is 2.42 bits per heavy atom. The first-order valence-electron chi connectivity index (χ1n) is 6.68. The van der Waals surface area contributed by atoms with Crippen LogP contribution < -0.4 is 5.32 Å². The van der Waals surface area contributed by atoms with E-state index in [2.05, 4.69) is 19.2 Å². The number of rotatable bonds is 5. The Morgan fingerprint density at radius 1 is 1.32 bits per heavy atom. The molecule has 5 atom stereocenters. The maximum absolute atomic E-state index is 12.2. The fourth-order valence-electron chi connectivity index (χ4n) is 2.46. The Bertz CT molecular complexity index is 372. The van der Waals surface area contributed by atoms with Crippen molar-refractivity contribution >= 4 is 22.7 Å². The Morgan fingerprint density at radius 2 is 1.95 bits per heavy atom. The van der Waals surface area contributed by atoms with Crippen molar-refractivity contribution in [2.75, 3.05) is 5.75 Å². The fraction of sp³-hybridized carbons (Fsp3) is 0.846. The van der Waals surface area contributed by atoms with Crippen LogP contribution in [0.15, 0.2) is 0 Å². The molecule has 0 spiro atoms. The standard InChI is InChI=1S/C13H23NO4S/c1-8-4-5-11(6-9(8)2)19(18)7-12(13(16)17)14-10(3)15/h8-9,11-12H,4-7H2,1-3H3,(H,14,15)(H,16,17). The number of hydrogen-bond acceptors (Lipinski definition) is 3. The summed E-state index contributed by atoms with van der Waals surface area (Å²) >= 11 is 0. The maximum Gasteiger partial charge on any atom is 0.327 e. The third-order valence-electron chi connectivity index (χ3n) is 3.93. The molecule has 1 saturated carbocycles. The summed E-state index contributed by atoms with van der Waals surface area (Å²) in [5, 5.41) is 11.4. The van der Waals surface area contributed by atoms with Crippen LogP contribution in [0.1, 0.15) is 40.0 Å². The maximum atomic E-state index is 12.2. The van der Waals surface area contributed by atoms with Gasteiger partial charge >= 0.3 is 5.97 Å². The van der Waals surface area contributed by atoms with Crippen molar-refractivity contribution in [3.63, 3.8) is 0 Å². The molecule has 0 aliphatic heterocycles. The molecule has 1 amide bonds. The molecular weight excluding hydrogens is 266 g/mol. The predicted octanol–water partition coefficient (Wildman–Crippen LogP) is 1.15. The van der Waals surface area contributed by atoms with E-state index in [-0.39, 0.29) is 11.0 Å². The average Bonchev–Trinajstić information content (AvgIpc) is 2.31. The molecule has 0 aromatic carbocycles. The first-order chi connectivity index (χ1) is 8.81. The van der Waals surface area contributed by atoms with Crippen LogP contribution in [0.25, 0.3) is 0 Å². The van der Waals surface area contributed by atoms with Gasteiger partial charge < -0.3 is 10.4 Å². The number of hydrogen-bond donors (Lipinski definition) is 2. The van der Waals surface area contributed by atoms with Crippen molar-refractivity contribution in [2.24, 2.45) is 11.8 Å².